The third-order valence-electron chi connectivity index (χ3n) is 3.49. The quantitative estimate of drug-likeness (QED) is 0.839. The molecule has 1 saturated heterocycles. The molecule has 0 aliphatic carbocycles. The molecule has 1 aromatic carbocycles. The first-order valence-electron chi connectivity index (χ1n) is 6.21. The van der Waals surface area contributed by atoms with Crippen LogP contribution in [0.25, 0.3) is 0 Å². The highest BCUT2D eigenvalue weighted by molar-refractivity contribution is 5.18. The van der Waals surface area contributed by atoms with Gasteiger partial charge in [-0.1, -0.05) is 37.3 Å². The highest BCUT2D eigenvalue weighted by Gasteiger charge is 2.20. The van der Waals surface area contributed by atoms with Gasteiger partial charge in [0.1, 0.15) is 0 Å². The lowest BCUT2D eigenvalue weighted by molar-refractivity contribution is 0.175. The molecule has 1 N–H and O–H groups in total. The Hall–Kier alpha value is -0.860. The molecule has 2 heteroatoms. The number of β-amino-alcohol motifs (C(OH)–C–C–N with tert-alkyl or cyclic N) is 1. The topological polar surface area (TPSA) is 23.5 Å². The second-order valence-electron chi connectivity index (χ2n) is 4.84. The van der Waals surface area contributed by atoms with Crippen LogP contribution in [-0.4, -0.2) is 35.7 Å². The van der Waals surface area contributed by atoms with E-state index in [0.29, 0.717) is 5.92 Å². The van der Waals surface area contributed by atoms with Crippen molar-refractivity contribution in [2.24, 2.45) is 0 Å². The molecular weight excluding hydrogens is 198 g/mol. The molecule has 0 unspecified atom stereocenters. The number of nitrogens with zero attached hydrogens (tertiary/aromatic N) is 1. The van der Waals surface area contributed by atoms with Crippen LogP contribution in [-0.2, 0) is 0 Å². The highest BCUT2D eigenvalue weighted by atomic mass is 16.3. The van der Waals surface area contributed by atoms with Crippen LogP contribution in [0.4, 0.5) is 0 Å². The van der Waals surface area contributed by atoms with Crippen molar-refractivity contribution in [1.29, 1.82) is 0 Å². The van der Waals surface area contributed by atoms with Crippen LogP contribution in [0.5, 0.6) is 0 Å². The van der Waals surface area contributed by atoms with E-state index in [1.807, 2.05) is 0 Å². The lowest BCUT2D eigenvalue weighted by atomic mass is 9.98. The summed E-state index contributed by atoms with van der Waals surface area (Å²) in [6, 6.07) is 10.7. The van der Waals surface area contributed by atoms with E-state index in [1.165, 1.54) is 12.0 Å². The molecule has 1 fully saturated rings. The average molecular weight is 219 g/mol. The van der Waals surface area contributed by atoms with E-state index in [9.17, 15) is 5.11 Å². The number of hydrogen-bond acceptors (Lipinski definition) is 2. The Morgan fingerprint density at radius 1 is 1.38 bits per heavy atom. The Labute approximate surface area is 97.9 Å². The summed E-state index contributed by atoms with van der Waals surface area (Å²) in [7, 11) is 0. The third kappa shape index (κ3) is 3.06. The molecule has 2 rings (SSSR count). The minimum atomic E-state index is -0.0907. The van der Waals surface area contributed by atoms with Gasteiger partial charge in [-0.05, 0) is 30.9 Å². The predicted octanol–water partition coefficient (Wildman–Crippen LogP) is 2.25. The van der Waals surface area contributed by atoms with E-state index in [4.69, 9.17) is 0 Å². The summed E-state index contributed by atoms with van der Waals surface area (Å²) in [6.07, 6.45) is 2.03. The fraction of sp³-hybridized carbons (Fsp3) is 0.571. The number of aliphatic hydroxyl groups excluding tert-OH is 1. The van der Waals surface area contributed by atoms with Crippen LogP contribution in [0, 0.1) is 0 Å². The van der Waals surface area contributed by atoms with Crippen molar-refractivity contribution < 1.29 is 5.11 Å². The van der Waals surface area contributed by atoms with Crippen LogP contribution < -0.4 is 0 Å². The van der Waals surface area contributed by atoms with E-state index < -0.39 is 0 Å². The van der Waals surface area contributed by atoms with Crippen molar-refractivity contribution in [2.75, 3.05) is 19.6 Å². The van der Waals surface area contributed by atoms with Gasteiger partial charge in [-0.3, -0.25) is 0 Å². The molecule has 0 amide bonds. The Kier molecular flexibility index (Phi) is 3.97. The molecule has 0 saturated carbocycles. The lowest BCUT2D eigenvalue weighted by Gasteiger charge is -2.18. The molecule has 0 spiro atoms. The first kappa shape index (κ1) is 11.6. The standard InChI is InChI=1S/C14H21NO/c1-12(13-5-3-2-4-6-13)7-9-15-10-8-14(16)11-15/h2-6,12,14,16H,7-11H2,1H3/t12-,14+/m1/s1. The van der Waals surface area contributed by atoms with Gasteiger partial charge in [-0.15, -0.1) is 0 Å². The summed E-state index contributed by atoms with van der Waals surface area (Å²) < 4.78 is 0. The number of aliphatic hydroxyl groups is 1. The van der Waals surface area contributed by atoms with Gasteiger partial charge in [0.05, 0.1) is 6.10 Å². The molecule has 1 aromatic rings. The zero-order chi connectivity index (χ0) is 11.4. The minimum Gasteiger partial charge on any atom is -0.392 e. The summed E-state index contributed by atoms with van der Waals surface area (Å²) >= 11 is 0. The molecule has 88 valence electrons. The van der Waals surface area contributed by atoms with Crippen molar-refractivity contribution >= 4 is 0 Å². The van der Waals surface area contributed by atoms with E-state index in [0.717, 1.165) is 26.1 Å². The van der Waals surface area contributed by atoms with E-state index >= 15 is 0 Å². The van der Waals surface area contributed by atoms with Crippen LogP contribution in [0.15, 0.2) is 30.3 Å². The Bertz CT molecular complexity index is 312. The number of benzene rings is 1. The molecule has 0 radical (unpaired) electrons. The van der Waals surface area contributed by atoms with Gasteiger partial charge in [0.15, 0.2) is 0 Å². The SMILES string of the molecule is C[C@H](CCN1CC[C@H](O)C1)c1ccccc1. The Morgan fingerprint density at radius 3 is 2.75 bits per heavy atom. The maximum Gasteiger partial charge on any atom is 0.0679 e. The van der Waals surface area contributed by atoms with Crippen molar-refractivity contribution in [3.8, 4) is 0 Å². The fourth-order valence-electron chi connectivity index (χ4n) is 2.34. The van der Waals surface area contributed by atoms with Gasteiger partial charge >= 0.3 is 0 Å². The largest absolute Gasteiger partial charge is 0.392 e. The second-order valence-corrected chi connectivity index (χ2v) is 4.84. The summed E-state index contributed by atoms with van der Waals surface area (Å²) in [5.74, 6) is 0.610. The van der Waals surface area contributed by atoms with Gasteiger partial charge in [0.25, 0.3) is 0 Å². The van der Waals surface area contributed by atoms with Crippen molar-refractivity contribution in [2.45, 2.75) is 31.8 Å². The zero-order valence-electron chi connectivity index (χ0n) is 9.97. The first-order chi connectivity index (χ1) is 7.75. The molecular formula is C14H21NO. The van der Waals surface area contributed by atoms with E-state index in [-0.39, 0.29) is 6.10 Å². The van der Waals surface area contributed by atoms with E-state index in [1.54, 1.807) is 0 Å². The molecule has 2 nitrogen and oxygen atoms in total. The van der Waals surface area contributed by atoms with Crippen LogP contribution in [0.3, 0.4) is 0 Å². The molecule has 1 heterocycles. The Balaban J connectivity index is 1.78. The maximum atomic E-state index is 9.44. The van der Waals surface area contributed by atoms with Crippen molar-refractivity contribution in [1.82, 2.24) is 4.90 Å². The highest BCUT2D eigenvalue weighted by Crippen LogP contribution is 2.20. The van der Waals surface area contributed by atoms with Crippen LogP contribution in [0.2, 0.25) is 0 Å². The molecule has 16 heavy (non-hydrogen) atoms. The summed E-state index contributed by atoms with van der Waals surface area (Å²) in [5, 5.41) is 9.44. The molecule has 0 bridgehead atoms. The summed E-state index contributed by atoms with van der Waals surface area (Å²) in [5.41, 5.74) is 1.42. The Morgan fingerprint density at radius 2 is 2.12 bits per heavy atom. The maximum absolute atomic E-state index is 9.44. The fourth-order valence-corrected chi connectivity index (χ4v) is 2.34. The van der Waals surface area contributed by atoms with Crippen molar-refractivity contribution in [3.63, 3.8) is 0 Å². The molecule has 1 aliphatic heterocycles. The van der Waals surface area contributed by atoms with E-state index in [2.05, 4.69) is 42.2 Å². The smallest absolute Gasteiger partial charge is 0.0679 e. The number of rotatable bonds is 4. The number of hydrogen-bond donors (Lipinski definition) is 1. The molecule has 0 aromatic heterocycles. The van der Waals surface area contributed by atoms with Gasteiger partial charge < -0.3 is 10.0 Å². The van der Waals surface area contributed by atoms with Crippen LogP contribution >= 0.6 is 0 Å². The van der Waals surface area contributed by atoms with Gasteiger partial charge in [0, 0.05) is 13.1 Å². The van der Waals surface area contributed by atoms with Gasteiger partial charge in [-0.25, -0.2) is 0 Å². The zero-order valence-corrected chi connectivity index (χ0v) is 9.97. The van der Waals surface area contributed by atoms with Gasteiger partial charge in [-0.2, -0.15) is 0 Å². The van der Waals surface area contributed by atoms with Crippen molar-refractivity contribution in [3.05, 3.63) is 35.9 Å². The first-order valence-corrected chi connectivity index (χ1v) is 6.21. The minimum absolute atomic E-state index is 0.0907. The normalized spacial score (nSPS) is 23.5. The van der Waals surface area contributed by atoms with Gasteiger partial charge in [0.2, 0.25) is 0 Å². The van der Waals surface area contributed by atoms with Crippen LogP contribution in [0.1, 0.15) is 31.2 Å². The summed E-state index contributed by atoms with van der Waals surface area (Å²) in [4.78, 5) is 2.37. The predicted molar refractivity (Wildman–Crippen MR) is 66.5 cm³/mol. The monoisotopic (exact) mass is 219 g/mol. The number of likely N-dealkylation sites (tertiary alicyclic amines) is 1. The third-order valence-corrected chi connectivity index (χ3v) is 3.49. The summed E-state index contributed by atoms with van der Waals surface area (Å²) in [6.45, 7) is 5.30. The lowest BCUT2D eigenvalue weighted by Crippen LogP contribution is -2.24. The second kappa shape index (κ2) is 5.46. The molecule has 2 atom stereocenters. The molecule has 1 aliphatic rings. The average Bonchev–Trinajstić information content (AvgIpc) is 2.73.